The summed E-state index contributed by atoms with van der Waals surface area (Å²) in [5, 5.41) is 10.1. The molecule has 0 heterocycles. The first-order chi connectivity index (χ1) is 16.7. The van der Waals surface area contributed by atoms with Crippen LogP contribution in [0.4, 0.5) is 0 Å². The van der Waals surface area contributed by atoms with Crippen molar-refractivity contribution in [3.8, 4) is 6.07 Å². The molecule has 0 bridgehead atoms. The molecule has 2 aliphatic rings. The molecule has 0 saturated heterocycles. The SMILES string of the molecule is CCCCCCCC1(C#N)CCC(C2(CCCCCCC)C=CC(c3ccccc3)C=C2)CC1. The molecule has 0 atom stereocenters. The summed E-state index contributed by atoms with van der Waals surface area (Å²) in [4.78, 5) is 0. The molecule has 1 heteroatoms. The number of benzene rings is 1. The zero-order valence-electron chi connectivity index (χ0n) is 22.1. The molecule has 0 spiro atoms. The summed E-state index contributed by atoms with van der Waals surface area (Å²) in [6.45, 7) is 4.57. The van der Waals surface area contributed by atoms with E-state index in [-0.39, 0.29) is 10.8 Å². The first-order valence-electron chi connectivity index (χ1n) is 14.5. The molecule has 34 heavy (non-hydrogen) atoms. The van der Waals surface area contributed by atoms with Crippen molar-refractivity contribution in [2.45, 2.75) is 122 Å². The third-order valence-corrected chi connectivity index (χ3v) is 8.82. The highest BCUT2D eigenvalue weighted by Gasteiger charge is 2.42. The Morgan fingerprint density at radius 1 is 0.765 bits per heavy atom. The van der Waals surface area contributed by atoms with Crippen molar-refractivity contribution in [2.75, 3.05) is 0 Å². The van der Waals surface area contributed by atoms with Gasteiger partial charge in [0.1, 0.15) is 0 Å². The fourth-order valence-electron chi connectivity index (χ4n) is 6.45. The number of nitrogens with zero attached hydrogens (tertiary/aromatic N) is 1. The molecule has 1 fully saturated rings. The van der Waals surface area contributed by atoms with Crippen molar-refractivity contribution in [1.82, 2.24) is 0 Å². The van der Waals surface area contributed by atoms with Gasteiger partial charge in [-0.1, -0.05) is 133 Å². The molecule has 0 amide bonds. The molecule has 0 N–H and O–H groups in total. The highest BCUT2D eigenvalue weighted by molar-refractivity contribution is 5.34. The van der Waals surface area contributed by atoms with E-state index in [1.807, 2.05) is 0 Å². The van der Waals surface area contributed by atoms with Gasteiger partial charge in [-0.25, -0.2) is 0 Å². The van der Waals surface area contributed by atoms with E-state index in [1.165, 1.54) is 89.0 Å². The Hall–Kier alpha value is -1.81. The van der Waals surface area contributed by atoms with Crippen molar-refractivity contribution in [3.05, 3.63) is 60.2 Å². The van der Waals surface area contributed by atoms with Crippen LogP contribution in [0.5, 0.6) is 0 Å². The quantitative estimate of drug-likeness (QED) is 0.200. The molecular weight excluding hydrogens is 410 g/mol. The molecule has 1 nitrogen and oxygen atoms in total. The second kappa shape index (κ2) is 13.9. The van der Waals surface area contributed by atoms with Crippen LogP contribution in [0.25, 0.3) is 0 Å². The molecule has 0 aliphatic heterocycles. The summed E-state index contributed by atoms with van der Waals surface area (Å²) < 4.78 is 0. The zero-order chi connectivity index (χ0) is 24.1. The highest BCUT2D eigenvalue weighted by Crippen LogP contribution is 2.52. The van der Waals surface area contributed by atoms with Gasteiger partial charge in [0.25, 0.3) is 0 Å². The minimum absolute atomic E-state index is 0.0559. The Bertz CT molecular complexity index is 774. The first kappa shape index (κ1) is 26.8. The minimum atomic E-state index is -0.0559. The summed E-state index contributed by atoms with van der Waals surface area (Å²) >= 11 is 0. The third kappa shape index (κ3) is 7.34. The fourth-order valence-corrected chi connectivity index (χ4v) is 6.45. The normalized spacial score (nSPS) is 28.6. The average molecular weight is 460 g/mol. The Morgan fingerprint density at radius 3 is 1.88 bits per heavy atom. The maximum atomic E-state index is 10.1. The lowest BCUT2D eigenvalue weighted by molar-refractivity contribution is 0.127. The zero-order valence-corrected chi connectivity index (χ0v) is 22.1. The van der Waals surface area contributed by atoms with Gasteiger partial charge in [-0.3, -0.25) is 0 Å². The van der Waals surface area contributed by atoms with Crippen molar-refractivity contribution in [1.29, 1.82) is 5.26 Å². The van der Waals surface area contributed by atoms with Gasteiger partial charge in [0.15, 0.2) is 0 Å². The van der Waals surface area contributed by atoms with Gasteiger partial charge in [-0.15, -0.1) is 0 Å². The molecular formula is C33H49N. The van der Waals surface area contributed by atoms with Crippen LogP contribution in [0, 0.1) is 28.1 Å². The van der Waals surface area contributed by atoms with E-state index in [2.05, 4.69) is 74.6 Å². The predicted molar refractivity (Wildman–Crippen MR) is 147 cm³/mol. The predicted octanol–water partition coefficient (Wildman–Crippen LogP) is 10.3. The highest BCUT2D eigenvalue weighted by atomic mass is 14.5. The second-order valence-corrected chi connectivity index (χ2v) is 11.3. The number of nitriles is 1. The van der Waals surface area contributed by atoms with Crippen LogP contribution in [-0.2, 0) is 0 Å². The average Bonchev–Trinajstić information content (AvgIpc) is 2.89. The number of hydrogen-bond donors (Lipinski definition) is 0. The van der Waals surface area contributed by atoms with Gasteiger partial charge in [-0.2, -0.15) is 5.26 Å². The number of unbranched alkanes of at least 4 members (excludes halogenated alkanes) is 8. The minimum Gasteiger partial charge on any atom is -0.198 e. The van der Waals surface area contributed by atoms with Crippen molar-refractivity contribution in [3.63, 3.8) is 0 Å². The monoisotopic (exact) mass is 459 g/mol. The number of allylic oxidation sites excluding steroid dienone is 4. The molecule has 0 unspecified atom stereocenters. The largest absolute Gasteiger partial charge is 0.198 e. The molecule has 0 radical (unpaired) electrons. The first-order valence-corrected chi connectivity index (χ1v) is 14.5. The fraction of sp³-hybridized carbons (Fsp3) is 0.667. The second-order valence-electron chi connectivity index (χ2n) is 11.3. The van der Waals surface area contributed by atoms with E-state index < -0.39 is 0 Å². The lowest BCUT2D eigenvalue weighted by atomic mass is 9.59. The van der Waals surface area contributed by atoms with E-state index in [1.54, 1.807) is 0 Å². The van der Waals surface area contributed by atoms with E-state index in [4.69, 9.17) is 0 Å². The standard InChI is InChI=1S/C33H49N/c1-3-5-7-9-14-22-32(28-34)24-20-31(21-25-32)33(23-15-10-8-6-4-2)26-18-30(19-27-33)29-16-12-11-13-17-29/h11-13,16-19,26-27,30-31H,3-10,14-15,20-25H2,1-2H3. The van der Waals surface area contributed by atoms with Crippen LogP contribution >= 0.6 is 0 Å². The van der Waals surface area contributed by atoms with Crippen LogP contribution in [0.15, 0.2) is 54.6 Å². The van der Waals surface area contributed by atoms with Crippen molar-refractivity contribution >= 4 is 0 Å². The van der Waals surface area contributed by atoms with Gasteiger partial charge < -0.3 is 0 Å². The lowest BCUT2D eigenvalue weighted by Crippen LogP contribution is -2.35. The molecule has 1 aromatic rings. The van der Waals surface area contributed by atoms with Crippen molar-refractivity contribution < 1.29 is 0 Å². The van der Waals surface area contributed by atoms with Gasteiger partial charge in [-0.05, 0) is 50.0 Å². The Labute approximate surface area is 210 Å². The van der Waals surface area contributed by atoms with E-state index in [9.17, 15) is 5.26 Å². The van der Waals surface area contributed by atoms with Gasteiger partial charge in [0.05, 0.1) is 11.5 Å². The Kier molecular flexibility index (Phi) is 11.0. The van der Waals surface area contributed by atoms with Crippen LogP contribution < -0.4 is 0 Å². The molecule has 186 valence electrons. The van der Waals surface area contributed by atoms with E-state index >= 15 is 0 Å². The maximum Gasteiger partial charge on any atom is 0.0689 e. The molecule has 1 aromatic carbocycles. The van der Waals surface area contributed by atoms with Crippen LogP contribution in [0.3, 0.4) is 0 Å². The summed E-state index contributed by atoms with van der Waals surface area (Å²) in [7, 11) is 0. The molecule has 2 aliphatic carbocycles. The maximum absolute atomic E-state index is 10.1. The number of rotatable bonds is 14. The summed E-state index contributed by atoms with van der Waals surface area (Å²) in [5.74, 6) is 1.09. The summed E-state index contributed by atoms with van der Waals surface area (Å²) in [6, 6.07) is 13.7. The Balaban J connectivity index is 1.64. The van der Waals surface area contributed by atoms with Crippen LogP contribution in [-0.4, -0.2) is 0 Å². The lowest BCUT2D eigenvalue weighted by Gasteiger charge is -2.45. The summed E-state index contributed by atoms with van der Waals surface area (Å²) in [5.41, 5.74) is 1.53. The van der Waals surface area contributed by atoms with Gasteiger partial charge >= 0.3 is 0 Å². The Morgan fingerprint density at radius 2 is 1.32 bits per heavy atom. The topological polar surface area (TPSA) is 23.8 Å². The van der Waals surface area contributed by atoms with Gasteiger partial charge in [0.2, 0.25) is 0 Å². The van der Waals surface area contributed by atoms with Gasteiger partial charge in [0, 0.05) is 11.3 Å². The number of hydrogen-bond acceptors (Lipinski definition) is 1. The molecule has 3 rings (SSSR count). The smallest absolute Gasteiger partial charge is 0.0689 e. The molecule has 1 saturated carbocycles. The third-order valence-electron chi connectivity index (χ3n) is 8.82. The van der Waals surface area contributed by atoms with Crippen LogP contribution in [0.1, 0.15) is 128 Å². The van der Waals surface area contributed by atoms with E-state index in [0.29, 0.717) is 11.8 Å². The van der Waals surface area contributed by atoms with Crippen LogP contribution in [0.2, 0.25) is 0 Å². The van der Waals surface area contributed by atoms with Crippen molar-refractivity contribution in [2.24, 2.45) is 16.7 Å². The van der Waals surface area contributed by atoms with E-state index in [0.717, 1.165) is 19.3 Å². The summed E-state index contributed by atoms with van der Waals surface area (Å²) in [6.07, 6.45) is 30.3. The molecule has 0 aromatic heterocycles.